The minimum atomic E-state index is -0.271. The molecule has 10 nitrogen and oxygen atoms in total. The van der Waals surface area contributed by atoms with Crippen LogP contribution in [0.4, 0.5) is 5.95 Å². The molecule has 11 heteroatoms. The molecule has 0 amide bonds. The number of nitrogen functional groups attached to an aromatic ring is 1. The minimum Gasteiger partial charge on any atom is -0.368 e. The van der Waals surface area contributed by atoms with Crippen molar-refractivity contribution in [2.24, 2.45) is 0 Å². The normalized spacial score (nSPS) is 11.4. The Kier molecular flexibility index (Phi) is 5.84. The molecule has 0 bridgehead atoms. The third-order valence-electron chi connectivity index (χ3n) is 5.49. The van der Waals surface area contributed by atoms with Gasteiger partial charge in [0.1, 0.15) is 0 Å². The average molecular weight is 474 g/mol. The van der Waals surface area contributed by atoms with E-state index in [-0.39, 0.29) is 17.3 Å². The zero-order valence-electron chi connectivity index (χ0n) is 18.8. The maximum Gasteiger partial charge on any atom is 0.274 e. The Balaban J connectivity index is 1.60. The van der Waals surface area contributed by atoms with Crippen LogP contribution in [0.3, 0.4) is 0 Å². The van der Waals surface area contributed by atoms with Gasteiger partial charge in [0.05, 0.1) is 11.4 Å². The number of aromatic nitrogens is 8. The molecular formula is C23H23N9OS. The molecule has 34 heavy (non-hydrogen) atoms. The van der Waals surface area contributed by atoms with Crippen molar-refractivity contribution in [3.05, 3.63) is 76.0 Å². The number of thioether (sulfide) groups is 1. The van der Waals surface area contributed by atoms with Crippen LogP contribution in [0.15, 0.2) is 58.7 Å². The predicted molar refractivity (Wildman–Crippen MR) is 131 cm³/mol. The number of anilines is 1. The lowest BCUT2D eigenvalue weighted by molar-refractivity contribution is 0.855. The van der Waals surface area contributed by atoms with Gasteiger partial charge in [-0.1, -0.05) is 43.8 Å². The quantitative estimate of drug-likeness (QED) is 0.345. The van der Waals surface area contributed by atoms with E-state index in [9.17, 15) is 4.79 Å². The molecule has 4 aromatic heterocycles. The highest BCUT2D eigenvalue weighted by atomic mass is 32.2. The molecule has 0 spiro atoms. The number of hydrogen-bond donors (Lipinski definition) is 2. The first-order chi connectivity index (χ1) is 16.6. The summed E-state index contributed by atoms with van der Waals surface area (Å²) in [6.07, 6.45) is 5.26. The number of benzene rings is 1. The molecule has 0 aliphatic heterocycles. The second kappa shape index (κ2) is 9.10. The van der Waals surface area contributed by atoms with Crippen LogP contribution >= 0.6 is 11.8 Å². The fourth-order valence-electron chi connectivity index (χ4n) is 3.91. The zero-order valence-corrected chi connectivity index (χ0v) is 19.6. The third kappa shape index (κ3) is 3.94. The fraction of sp³-hybridized carbons (Fsp3) is 0.217. The second-order valence-corrected chi connectivity index (χ2v) is 8.58. The molecule has 1 aromatic carbocycles. The van der Waals surface area contributed by atoms with E-state index in [4.69, 9.17) is 5.73 Å². The summed E-state index contributed by atoms with van der Waals surface area (Å²) in [5.74, 6) is 1.51. The van der Waals surface area contributed by atoms with E-state index in [0.717, 1.165) is 29.9 Å². The van der Waals surface area contributed by atoms with Crippen molar-refractivity contribution in [3.8, 4) is 17.1 Å². The minimum absolute atomic E-state index is 0.138. The summed E-state index contributed by atoms with van der Waals surface area (Å²) >= 11 is 1.46. The van der Waals surface area contributed by atoms with Crippen molar-refractivity contribution in [3.63, 3.8) is 0 Å². The highest BCUT2D eigenvalue weighted by Crippen LogP contribution is 2.33. The van der Waals surface area contributed by atoms with Gasteiger partial charge in [0.15, 0.2) is 11.0 Å². The van der Waals surface area contributed by atoms with Crippen molar-refractivity contribution >= 4 is 23.5 Å². The van der Waals surface area contributed by atoms with Gasteiger partial charge in [-0.2, -0.15) is 9.50 Å². The molecule has 0 radical (unpaired) electrons. The van der Waals surface area contributed by atoms with Gasteiger partial charge in [0.2, 0.25) is 5.95 Å². The topological polar surface area (TPSA) is 133 Å². The lowest BCUT2D eigenvalue weighted by Gasteiger charge is -2.17. The summed E-state index contributed by atoms with van der Waals surface area (Å²) < 4.78 is 3.31. The van der Waals surface area contributed by atoms with E-state index in [1.807, 2.05) is 12.1 Å². The number of nitrogens with two attached hydrogens (primary N) is 1. The standard InChI is InChI=1S/C23H23N9OS/c1-3-14-7-5-8-15(4-2)19(14)31-20(16-9-6-10-25-12-16)28-29-23(31)34-13-17-11-18(33)32-22(26-17)27-21(24)30-32/h5-12H,3-4,13H2,1-2H3,(H3,24,26,27,30). The van der Waals surface area contributed by atoms with Gasteiger partial charge in [0, 0.05) is 29.8 Å². The number of aryl methyl sites for hydroxylation is 2. The van der Waals surface area contributed by atoms with Gasteiger partial charge in [-0.05, 0) is 36.1 Å². The monoisotopic (exact) mass is 473 g/mol. The number of para-hydroxylation sites is 1. The SMILES string of the molecule is CCc1cccc(CC)c1-n1c(SCc2cc(=O)n3[nH]c(N)nc3n2)nnc1-c1cccnc1. The van der Waals surface area contributed by atoms with E-state index in [1.54, 1.807) is 12.4 Å². The molecule has 0 aliphatic rings. The Morgan fingerprint density at radius 2 is 1.85 bits per heavy atom. The van der Waals surface area contributed by atoms with Gasteiger partial charge in [-0.25, -0.2) is 4.98 Å². The maximum atomic E-state index is 12.4. The van der Waals surface area contributed by atoms with Gasteiger partial charge in [-0.3, -0.25) is 19.4 Å². The predicted octanol–water partition coefficient (Wildman–Crippen LogP) is 3.06. The molecule has 5 aromatic rings. The van der Waals surface area contributed by atoms with Gasteiger partial charge in [0.25, 0.3) is 11.3 Å². The summed E-state index contributed by atoms with van der Waals surface area (Å²) in [7, 11) is 0. The smallest absolute Gasteiger partial charge is 0.274 e. The summed E-state index contributed by atoms with van der Waals surface area (Å²) in [6, 6.07) is 11.7. The van der Waals surface area contributed by atoms with E-state index in [0.29, 0.717) is 16.6 Å². The summed E-state index contributed by atoms with van der Waals surface area (Å²) in [6.45, 7) is 4.28. The van der Waals surface area contributed by atoms with Gasteiger partial charge >= 0.3 is 0 Å². The Labute approximate surface area is 199 Å². The number of aromatic amines is 1. The molecule has 5 rings (SSSR count). The lowest BCUT2D eigenvalue weighted by atomic mass is 10.0. The van der Waals surface area contributed by atoms with Gasteiger partial charge in [-0.15, -0.1) is 10.2 Å². The van der Waals surface area contributed by atoms with Crippen LogP contribution in [0.2, 0.25) is 0 Å². The van der Waals surface area contributed by atoms with Crippen molar-refractivity contribution in [2.45, 2.75) is 37.6 Å². The Hall–Kier alpha value is -3.99. The lowest BCUT2D eigenvalue weighted by Crippen LogP contribution is -2.15. The van der Waals surface area contributed by atoms with Crippen LogP contribution in [0.5, 0.6) is 0 Å². The number of nitrogens with zero attached hydrogens (tertiary/aromatic N) is 7. The molecule has 3 N–H and O–H groups in total. The molecule has 0 saturated carbocycles. The Bertz CT molecular complexity index is 1500. The Morgan fingerprint density at radius 1 is 1.06 bits per heavy atom. The largest absolute Gasteiger partial charge is 0.368 e. The van der Waals surface area contributed by atoms with Crippen molar-refractivity contribution in [2.75, 3.05) is 5.73 Å². The second-order valence-electron chi connectivity index (χ2n) is 7.63. The van der Waals surface area contributed by atoms with E-state index >= 15 is 0 Å². The number of nitrogens with one attached hydrogen (secondary N) is 1. The van der Waals surface area contributed by atoms with Crippen LogP contribution in [0.1, 0.15) is 30.7 Å². The number of pyridine rings is 1. The van der Waals surface area contributed by atoms with Crippen LogP contribution in [0, 0.1) is 0 Å². The summed E-state index contributed by atoms with van der Waals surface area (Å²) in [5.41, 5.74) is 10.4. The molecule has 0 fully saturated rings. The first-order valence-electron chi connectivity index (χ1n) is 10.9. The molecule has 172 valence electrons. The third-order valence-corrected chi connectivity index (χ3v) is 6.45. The molecule has 0 aliphatic carbocycles. The first kappa shape index (κ1) is 21.8. The Morgan fingerprint density at radius 3 is 2.56 bits per heavy atom. The van der Waals surface area contributed by atoms with Crippen LogP contribution in [-0.4, -0.2) is 39.3 Å². The van der Waals surface area contributed by atoms with Crippen molar-refractivity contribution in [1.82, 2.24) is 39.3 Å². The molecule has 4 heterocycles. The highest BCUT2D eigenvalue weighted by molar-refractivity contribution is 7.98. The van der Waals surface area contributed by atoms with Crippen molar-refractivity contribution in [1.29, 1.82) is 0 Å². The van der Waals surface area contributed by atoms with Crippen molar-refractivity contribution < 1.29 is 0 Å². The van der Waals surface area contributed by atoms with E-state index in [1.165, 1.54) is 33.5 Å². The molecule has 0 saturated heterocycles. The van der Waals surface area contributed by atoms with Crippen LogP contribution in [-0.2, 0) is 18.6 Å². The summed E-state index contributed by atoms with van der Waals surface area (Å²) in [5, 5.41) is 12.4. The van der Waals surface area contributed by atoms with E-state index in [2.05, 4.69) is 66.9 Å². The molecule has 0 atom stereocenters. The van der Waals surface area contributed by atoms with Gasteiger partial charge < -0.3 is 5.73 Å². The molecular weight excluding hydrogens is 450 g/mol. The summed E-state index contributed by atoms with van der Waals surface area (Å²) in [4.78, 5) is 25.2. The first-order valence-corrected chi connectivity index (χ1v) is 11.9. The highest BCUT2D eigenvalue weighted by Gasteiger charge is 2.21. The van der Waals surface area contributed by atoms with E-state index < -0.39 is 0 Å². The number of H-pyrrole nitrogens is 1. The average Bonchev–Trinajstić information content (AvgIpc) is 3.45. The zero-order chi connectivity index (χ0) is 23.7. The number of rotatable bonds is 7. The maximum absolute atomic E-state index is 12.4. The molecule has 0 unspecified atom stereocenters. The van der Waals surface area contributed by atoms with Crippen LogP contribution < -0.4 is 11.3 Å². The number of fused-ring (bicyclic) bond motifs is 1. The fourth-order valence-corrected chi connectivity index (χ4v) is 4.74. The number of hydrogen-bond acceptors (Lipinski definition) is 8. The van der Waals surface area contributed by atoms with Crippen LogP contribution in [0.25, 0.3) is 22.9 Å².